The number of nitrogens with one attached hydrogen (secondary N) is 2. The van der Waals surface area contributed by atoms with E-state index >= 15 is 0 Å². The van der Waals surface area contributed by atoms with Crippen LogP contribution in [0.4, 0.5) is 19.1 Å². The van der Waals surface area contributed by atoms with Crippen LogP contribution in [0, 0.1) is 0 Å². The van der Waals surface area contributed by atoms with E-state index < -0.39 is 12.1 Å². The van der Waals surface area contributed by atoms with E-state index in [9.17, 15) is 18.0 Å². The Labute approximate surface area is 136 Å². The Kier molecular flexibility index (Phi) is 6.28. The van der Waals surface area contributed by atoms with Crippen molar-refractivity contribution in [3.63, 3.8) is 0 Å². The number of hydrogen-bond acceptors (Lipinski definition) is 5. The number of aromatic nitrogens is 3. The van der Waals surface area contributed by atoms with Crippen LogP contribution in [-0.4, -0.2) is 40.4 Å². The van der Waals surface area contributed by atoms with Gasteiger partial charge in [-0.1, -0.05) is 25.0 Å². The number of rotatable bonds is 8. The van der Waals surface area contributed by atoms with Crippen molar-refractivity contribution < 1.29 is 18.0 Å². The SMILES string of the molecule is O=C(NCCCCCCNc1nnc2ccccc2n1)C(F)(F)F. The van der Waals surface area contributed by atoms with Crippen molar-refractivity contribution in [2.45, 2.75) is 31.9 Å². The van der Waals surface area contributed by atoms with Crippen molar-refractivity contribution in [1.29, 1.82) is 0 Å². The van der Waals surface area contributed by atoms with E-state index in [-0.39, 0.29) is 6.54 Å². The number of hydrogen-bond donors (Lipinski definition) is 2. The lowest BCUT2D eigenvalue weighted by Gasteiger charge is -2.08. The number of nitrogens with zero attached hydrogens (tertiary/aromatic N) is 3. The van der Waals surface area contributed by atoms with Crippen LogP contribution in [0.5, 0.6) is 0 Å². The van der Waals surface area contributed by atoms with Gasteiger partial charge in [-0.2, -0.15) is 13.2 Å². The molecule has 0 saturated heterocycles. The molecule has 0 aliphatic heterocycles. The zero-order chi connectivity index (χ0) is 17.4. The number of fused-ring (bicyclic) bond motifs is 1. The van der Waals surface area contributed by atoms with Crippen LogP contribution in [0.2, 0.25) is 0 Å². The fraction of sp³-hybridized carbons (Fsp3) is 0.467. The van der Waals surface area contributed by atoms with Crippen molar-refractivity contribution >= 4 is 22.9 Å². The molecule has 1 heterocycles. The molecule has 0 bridgehead atoms. The minimum atomic E-state index is -4.81. The number of benzene rings is 1. The average molecular weight is 341 g/mol. The molecule has 2 N–H and O–H groups in total. The molecule has 0 aliphatic carbocycles. The number of unbranched alkanes of at least 4 members (excludes halogenated alkanes) is 3. The molecule has 1 aromatic heterocycles. The first-order valence-corrected chi connectivity index (χ1v) is 7.65. The predicted molar refractivity (Wildman–Crippen MR) is 83.4 cm³/mol. The van der Waals surface area contributed by atoms with E-state index in [1.54, 1.807) is 0 Å². The van der Waals surface area contributed by atoms with Crippen LogP contribution in [-0.2, 0) is 4.79 Å². The highest BCUT2D eigenvalue weighted by molar-refractivity contribution is 5.81. The number of alkyl halides is 3. The number of amides is 1. The van der Waals surface area contributed by atoms with Gasteiger partial charge in [-0.15, -0.1) is 10.2 Å². The van der Waals surface area contributed by atoms with Crippen molar-refractivity contribution in [2.24, 2.45) is 0 Å². The van der Waals surface area contributed by atoms with Gasteiger partial charge in [-0.05, 0) is 25.0 Å². The summed E-state index contributed by atoms with van der Waals surface area (Å²) in [5.41, 5.74) is 1.49. The van der Waals surface area contributed by atoms with Gasteiger partial charge in [0.15, 0.2) is 0 Å². The Bertz CT molecular complexity index is 677. The predicted octanol–water partition coefficient (Wildman–Crippen LogP) is 2.68. The molecule has 0 saturated carbocycles. The molecule has 0 aliphatic rings. The molecule has 1 aromatic carbocycles. The van der Waals surface area contributed by atoms with E-state index in [0.717, 1.165) is 30.3 Å². The molecular weight excluding hydrogens is 323 g/mol. The molecule has 0 radical (unpaired) electrons. The molecule has 24 heavy (non-hydrogen) atoms. The second kappa shape index (κ2) is 8.42. The topological polar surface area (TPSA) is 79.8 Å². The van der Waals surface area contributed by atoms with E-state index in [1.165, 1.54) is 0 Å². The van der Waals surface area contributed by atoms with Crippen LogP contribution >= 0.6 is 0 Å². The van der Waals surface area contributed by atoms with Crippen molar-refractivity contribution in [3.8, 4) is 0 Å². The van der Waals surface area contributed by atoms with Crippen LogP contribution in [0.3, 0.4) is 0 Å². The number of carbonyl (C=O) groups excluding carboxylic acids is 1. The summed E-state index contributed by atoms with van der Waals surface area (Å²) in [6.45, 7) is 0.679. The molecule has 0 fully saturated rings. The third-order valence-electron chi connectivity index (χ3n) is 3.29. The highest BCUT2D eigenvalue weighted by Gasteiger charge is 2.38. The Morgan fingerprint density at radius 1 is 0.958 bits per heavy atom. The molecular formula is C15H18F3N5O. The quantitative estimate of drug-likeness (QED) is 0.722. The standard InChI is InChI=1S/C15H18F3N5O/c16-15(17,18)13(24)19-9-5-1-2-6-10-20-14-21-11-7-3-4-8-12(11)22-23-14/h3-4,7-8H,1-2,5-6,9-10H2,(H,19,24)(H,20,21,23). The highest BCUT2D eigenvalue weighted by atomic mass is 19.4. The minimum absolute atomic E-state index is 0.0312. The molecule has 2 aromatic rings. The molecule has 0 atom stereocenters. The van der Waals surface area contributed by atoms with Gasteiger partial charge in [0.05, 0.1) is 5.52 Å². The monoisotopic (exact) mass is 341 g/mol. The normalized spacial score (nSPS) is 11.5. The summed E-state index contributed by atoms with van der Waals surface area (Å²) in [6.07, 6.45) is -1.91. The molecule has 2 rings (SSSR count). The van der Waals surface area contributed by atoms with Gasteiger partial charge in [-0.25, -0.2) is 4.98 Å². The van der Waals surface area contributed by atoms with Crippen LogP contribution in [0.15, 0.2) is 24.3 Å². The first-order valence-electron chi connectivity index (χ1n) is 7.65. The van der Waals surface area contributed by atoms with E-state index in [0.29, 0.717) is 18.9 Å². The smallest absolute Gasteiger partial charge is 0.353 e. The molecule has 0 unspecified atom stereocenters. The lowest BCUT2D eigenvalue weighted by atomic mass is 10.2. The second-order valence-corrected chi connectivity index (χ2v) is 5.22. The molecule has 6 nitrogen and oxygen atoms in total. The first kappa shape index (κ1) is 17.9. The first-order chi connectivity index (χ1) is 11.5. The molecule has 130 valence electrons. The maximum atomic E-state index is 11.9. The summed E-state index contributed by atoms with van der Waals surface area (Å²) in [6, 6.07) is 7.42. The summed E-state index contributed by atoms with van der Waals surface area (Å²) in [5.74, 6) is -1.43. The Hall–Kier alpha value is -2.45. The van der Waals surface area contributed by atoms with Gasteiger partial charge in [0, 0.05) is 13.1 Å². The molecule has 9 heteroatoms. The fourth-order valence-corrected chi connectivity index (χ4v) is 2.06. The minimum Gasteiger partial charge on any atom is -0.353 e. The van der Waals surface area contributed by atoms with Gasteiger partial charge >= 0.3 is 12.1 Å². The van der Waals surface area contributed by atoms with E-state index in [4.69, 9.17) is 0 Å². The summed E-state index contributed by atoms with van der Waals surface area (Å²) in [4.78, 5) is 14.9. The zero-order valence-electron chi connectivity index (χ0n) is 12.9. The number of para-hydroxylation sites is 1. The van der Waals surface area contributed by atoms with E-state index in [1.807, 2.05) is 29.6 Å². The van der Waals surface area contributed by atoms with Gasteiger partial charge in [-0.3, -0.25) is 4.79 Å². The van der Waals surface area contributed by atoms with E-state index in [2.05, 4.69) is 20.5 Å². The third-order valence-corrected chi connectivity index (χ3v) is 3.29. The zero-order valence-corrected chi connectivity index (χ0v) is 12.9. The number of anilines is 1. The van der Waals surface area contributed by atoms with Crippen LogP contribution in [0.25, 0.3) is 11.0 Å². The van der Waals surface area contributed by atoms with Crippen LogP contribution in [0.1, 0.15) is 25.7 Å². The maximum Gasteiger partial charge on any atom is 0.471 e. The summed E-state index contributed by atoms with van der Waals surface area (Å²) < 4.78 is 35.8. The van der Waals surface area contributed by atoms with Crippen molar-refractivity contribution in [3.05, 3.63) is 24.3 Å². The highest BCUT2D eigenvalue weighted by Crippen LogP contribution is 2.14. The maximum absolute atomic E-state index is 11.9. The summed E-state index contributed by atoms with van der Waals surface area (Å²) in [5, 5.41) is 12.9. The second-order valence-electron chi connectivity index (χ2n) is 5.22. The summed E-state index contributed by atoms with van der Waals surface area (Å²) in [7, 11) is 0. The largest absolute Gasteiger partial charge is 0.471 e. The van der Waals surface area contributed by atoms with Crippen molar-refractivity contribution in [1.82, 2.24) is 20.5 Å². The van der Waals surface area contributed by atoms with Gasteiger partial charge < -0.3 is 10.6 Å². The Balaban J connectivity index is 1.57. The Morgan fingerprint density at radius 3 is 2.33 bits per heavy atom. The van der Waals surface area contributed by atoms with Gasteiger partial charge in [0.2, 0.25) is 5.95 Å². The van der Waals surface area contributed by atoms with Crippen LogP contribution < -0.4 is 10.6 Å². The third kappa shape index (κ3) is 5.64. The van der Waals surface area contributed by atoms with Crippen molar-refractivity contribution in [2.75, 3.05) is 18.4 Å². The van der Waals surface area contributed by atoms with Gasteiger partial charge in [0.25, 0.3) is 0 Å². The van der Waals surface area contributed by atoms with Gasteiger partial charge in [0.1, 0.15) is 5.52 Å². The number of halogens is 3. The summed E-state index contributed by atoms with van der Waals surface area (Å²) >= 11 is 0. The molecule has 0 spiro atoms. The Morgan fingerprint density at radius 2 is 1.62 bits per heavy atom. The lowest BCUT2D eigenvalue weighted by Crippen LogP contribution is -2.37. The molecule has 1 amide bonds. The fourth-order valence-electron chi connectivity index (χ4n) is 2.06. The number of carbonyl (C=O) groups is 1. The average Bonchev–Trinajstić information content (AvgIpc) is 2.56. The lowest BCUT2D eigenvalue weighted by molar-refractivity contribution is -0.173.